The second-order valence-corrected chi connectivity index (χ2v) is 8.51. The average molecular weight is 448 g/mol. The van der Waals surface area contributed by atoms with E-state index in [0.717, 1.165) is 41.0 Å². The molecule has 1 amide bonds. The largest absolute Gasteiger partial charge is 0.372 e. The number of non-ortho nitro benzene ring substituents is 1. The number of anilines is 2. The van der Waals surface area contributed by atoms with Crippen LogP contribution in [-0.4, -0.2) is 51.4 Å². The summed E-state index contributed by atoms with van der Waals surface area (Å²) in [7, 11) is -3.86. The fraction of sp³-hybridized carbons (Fsp3) is 0.300. The summed E-state index contributed by atoms with van der Waals surface area (Å²) >= 11 is 0. The number of hydrogen-bond acceptors (Lipinski definition) is 7. The van der Waals surface area contributed by atoms with Crippen LogP contribution in [0.1, 0.15) is 19.4 Å². The van der Waals surface area contributed by atoms with E-state index in [4.69, 9.17) is 0 Å². The molecule has 1 N–H and O–H groups in total. The molecule has 10 nitrogen and oxygen atoms in total. The number of rotatable bonds is 10. The highest BCUT2D eigenvalue weighted by Gasteiger charge is 2.22. The van der Waals surface area contributed by atoms with Gasteiger partial charge in [0.25, 0.3) is 11.6 Å². The van der Waals surface area contributed by atoms with E-state index in [1.54, 1.807) is 0 Å². The van der Waals surface area contributed by atoms with Gasteiger partial charge in [0.2, 0.25) is 10.0 Å². The van der Waals surface area contributed by atoms with Crippen LogP contribution in [0.5, 0.6) is 0 Å². The Hall–Kier alpha value is -3.47. The molecule has 2 aromatic carbocycles. The molecular formula is C20H25N5O5S. The van der Waals surface area contributed by atoms with E-state index in [9.17, 15) is 23.3 Å². The first-order valence-electron chi connectivity index (χ1n) is 9.54. The summed E-state index contributed by atoms with van der Waals surface area (Å²) in [6, 6.07) is 12.7. The number of hydrogen-bond donors (Lipinski definition) is 1. The lowest BCUT2D eigenvalue weighted by molar-refractivity contribution is -0.384. The molecule has 2 aromatic rings. The maximum Gasteiger partial charge on any atom is 0.271 e. The van der Waals surface area contributed by atoms with Crippen molar-refractivity contribution in [2.75, 3.05) is 35.1 Å². The van der Waals surface area contributed by atoms with Crippen LogP contribution in [0.15, 0.2) is 53.6 Å². The quantitative estimate of drug-likeness (QED) is 0.339. The van der Waals surface area contributed by atoms with Gasteiger partial charge < -0.3 is 4.90 Å². The van der Waals surface area contributed by atoms with Crippen LogP contribution in [0.2, 0.25) is 0 Å². The second-order valence-electron chi connectivity index (χ2n) is 6.60. The van der Waals surface area contributed by atoms with Crippen molar-refractivity contribution < 1.29 is 18.1 Å². The predicted octanol–water partition coefficient (Wildman–Crippen LogP) is 2.36. The Balaban J connectivity index is 2.07. The summed E-state index contributed by atoms with van der Waals surface area (Å²) in [5.74, 6) is -0.687. The summed E-state index contributed by atoms with van der Waals surface area (Å²) in [4.78, 5) is 24.7. The van der Waals surface area contributed by atoms with Crippen LogP contribution in [0.3, 0.4) is 0 Å². The zero-order chi connectivity index (χ0) is 23.0. The number of benzene rings is 2. The van der Waals surface area contributed by atoms with E-state index < -0.39 is 27.4 Å². The molecule has 2 rings (SSSR count). The van der Waals surface area contributed by atoms with Crippen LogP contribution < -0.4 is 14.6 Å². The van der Waals surface area contributed by atoms with Gasteiger partial charge in [-0.3, -0.25) is 19.2 Å². The first-order valence-corrected chi connectivity index (χ1v) is 11.4. The first-order chi connectivity index (χ1) is 14.7. The van der Waals surface area contributed by atoms with Gasteiger partial charge in [-0.15, -0.1) is 0 Å². The molecular weight excluding hydrogens is 422 g/mol. The molecule has 11 heteroatoms. The van der Waals surface area contributed by atoms with E-state index >= 15 is 0 Å². The van der Waals surface area contributed by atoms with Gasteiger partial charge in [0, 0.05) is 30.9 Å². The Morgan fingerprint density at radius 2 is 1.77 bits per heavy atom. The summed E-state index contributed by atoms with van der Waals surface area (Å²) in [6.45, 7) is 5.35. The van der Waals surface area contributed by atoms with Gasteiger partial charge >= 0.3 is 0 Å². The third kappa shape index (κ3) is 6.78. The molecule has 0 saturated heterocycles. The van der Waals surface area contributed by atoms with E-state index in [1.807, 2.05) is 24.3 Å². The average Bonchev–Trinajstić information content (AvgIpc) is 2.73. The highest BCUT2D eigenvalue weighted by Crippen LogP contribution is 2.23. The highest BCUT2D eigenvalue weighted by molar-refractivity contribution is 7.92. The zero-order valence-electron chi connectivity index (χ0n) is 17.6. The number of sulfonamides is 1. The molecule has 0 bridgehead atoms. The van der Waals surface area contributed by atoms with Crippen LogP contribution >= 0.6 is 0 Å². The smallest absolute Gasteiger partial charge is 0.271 e. The van der Waals surface area contributed by atoms with Crippen molar-refractivity contribution in [1.82, 2.24) is 5.43 Å². The summed E-state index contributed by atoms with van der Waals surface area (Å²) in [5, 5.41) is 14.8. The molecule has 0 fully saturated rings. The van der Waals surface area contributed by atoms with Crippen molar-refractivity contribution in [3.05, 3.63) is 64.2 Å². The number of nitrogens with zero attached hydrogens (tertiary/aromatic N) is 4. The minimum Gasteiger partial charge on any atom is -0.372 e. The standard InChI is InChI=1S/C20H25N5O5S/c1-4-23(5-2)17-11-9-16(10-12-17)14-21-22-20(26)15-24(31(3,29)30)18-7-6-8-19(13-18)25(27)28/h6-14H,4-5,15H2,1-3H3,(H,22,26)/b21-14-. The molecule has 0 spiro atoms. The van der Waals surface area contributed by atoms with Crippen LogP contribution in [0.25, 0.3) is 0 Å². The monoisotopic (exact) mass is 447 g/mol. The number of amides is 1. The summed E-state index contributed by atoms with van der Waals surface area (Å²) in [5.41, 5.74) is 3.85. The lowest BCUT2D eigenvalue weighted by atomic mass is 10.2. The first kappa shape index (κ1) is 23.8. The lowest BCUT2D eigenvalue weighted by Crippen LogP contribution is -2.39. The normalized spacial score (nSPS) is 11.3. The molecule has 0 radical (unpaired) electrons. The number of nitro benzene ring substituents is 1. The Bertz CT molecular complexity index is 1050. The van der Waals surface area contributed by atoms with Crippen molar-refractivity contribution in [1.29, 1.82) is 0 Å². The Morgan fingerprint density at radius 3 is 2.32 bits per heavy atom. The van der Waals surface area contributed by atoms with E-state index in [1.165, 1.54) is 24.4 Å². The maximum atomic E-state index is 12.2. The third-order valence-electron chi connectivity index (χ3n) is 4.44. The molecule has 0 aromatic heterocycles. The topological polar surface area (TPSA) is 125 Å². The Morgan fingerprint density at radius 1 is 1.13 bits per heavy atom. The van der Waals surface area contributed by atoms with E-state index in [2.05, 4.69) is 29.3 Å². The molecule has 0 heterocycles. The third-order valence-corrected chi connectivity index (χ3v) is 5.58. The summed E-state index contributed by atoms with van der Waals surface area (Å²) in [6.07, 6.45) is 2.36. The maximum absolute atomic E-state index is 12.2. The number of carbonyl (C=O) groups is 1. The van der Waals surface area contributed by atoms with Crippen molar-refractivity contribution in [2.45, 2.75) is 13.8 Å². The van der Waals surface area contributed by atoms with E-state index in [0.29, 0.717) is 0 Å². The van der Waals surface area contributed by atoms with Gasteiger partial charge in [0.1, 0.15) is 6.54 Å². The van der Waals surface area contributed by atoms with Gasteiger partial charge in [-0.25, -0.2) is 13.8 Å². The Kier molecular flexibility index (Phi) is 8.08. The molecule has 0 atom stereocenters. The van der Waals surface area contributed by atoms with Gasteiger partial charge in [0.15, 0.2) is 0 Å². The SMILES string of the molecule is CCN(CC)c1ccc(/C=N\NC(=O)CN(c2cccc([N+](=O)[O-])c2)S(C)(=O)=O)cc1. The zero-order valence-corrected chi connectivity index (χ0v) is 18.4. The fourth-order valence-electron chi connectivity index (χ4n) is 2.87. The Labute approximate surface area is 181 Å². The van der Waals surface area contributed by atoms with Gasteiger partial charge in [0.05, 0.1) is 23.1 Å². The number of nitro groups is 1. The molecule has 0 unspecified atom stereocenters. The van der Waals surface area contributed by atoms with Crippen molar-refractivity contribution >= 4 is 39.2 Å². The second kappa shape index (κ2) is 10.5. The van der Waals surface area contributed by atoms with Crippen molar-refractivity contribution in [3.8, 4) is 0 Å². The molecule has 0 saturated carbocycles. The summed E-state index contributed by atoms with van der Waals surface area (Å²) < 4.78 is 25.0. The molecule has 166 valence electrons. The van der Waals surface area contributed by atoms with Crippen LogP contribution in [0.4, 0.5) is 17.1 Å². The van der Waals surface area contributed by atoms with Crippen molar-refractivity contribution in [2.24, 2.45) is 5.10 Å². The number of nitrogens with one attached hydrogen (secondary N) is 1. The van der Waals surface area contributed by atoms with Gasteiger partial charge in [-0.05, 0) is 37.6 Å². The van der Waals surface area contributed by atoms with E-state index in [-0.39, 0.29) is 11.4 Å². The van der Waals surface area contributed by atoms with Crippen LogP contribution in [0, 0.1) is 10.1 Å². The lowest BCUT2D eigenvalue weighted by Gasteiger charge is -2.21. The van der Waals surface area contributed by atoms with Crippen LogP contribution in [-0.2, 0) is 14.8 Å². The van der Waals surface area contributed by atoms with Gasteiger partial charge in [-0.2, -0.15) is 5.10 Å². The highest BCUT2D eigenvalue weighted by atomic mass is 32.2. The predicted molar refractivity (Wildman–Crippen MR) is 121 cm³/mol. The molecule has 0 aliphatic rings. The minimum atomic E-state index is -3.86. The van der Waals surface area contributed by atoms with Crippen molar-refractivity contribution in [3.63, 3.8) is 0 Å². The number of hydrazone groups is 1. The molecule has 0 aliphatic heterocycles. The fourth-order valence-corrected chi connectivity index (χ4v) is 3.71. The van der Waals surface area contributed by atoms with Gasteiger partial charge in [-0.1, -0.05) is 18.2 Å². The minimum absolute atomic E-state index is 0.0165. The number of carbonyl (C=O) groups excluding carboxylic acids is 1. The molecule has 0 aliphatic carbocycles. The molecule has 31 heavy (non-hydrogen) atoms.